The molecular weight excluding hydrogens is 291 g/mol. The average molecular weight is 319 g/mol. The number of rotatable bonds is 8. The summed E-state index contributed by atoms with van der Waals surface area (Å²) in [4.78, 5) is 2.25. The average Bonchev–Trinajstić information content (AvgIpc) is 2.94. The summed E-state index contributed by atoms with van der Waals surface area (Å²) in [5.74, 6) is 0.698. The summed E-state index contributed by atoms with van der Waals surface area (Å²) < 4.78 is 14.4. The molecule has 0 amide bonds. The number of hydrogen-bond donors (Lipinski definition) is 0. The van der Waals surface area contributed by atoms with Crippen molar-refractivity contribution in [3.05, 3.63) is 46.6 Å². The minimum Gasteiger partial charge on any atom is -0.206 e. The van der Waals surface area contributed by atoms with Crippen LogP contribution in [0.2, 0.25) is 0 Å². The highest BCUT2D eigenvalue weighted by Gasteiger charge is 2.10. The molecule has 0 aliphatic heterocycles. The van der Waals surface area contributed by atoms with Crippen molar-refractivity contribution in [2.24, 2.45) is 5.92 Å². The van der Waals surface area contributed by atoms with Crippen LogP contribution in [-0.4, -0.2) is 0 Å². The predicted octanol–water partition coefficient (Wildman–Crippen LogP) is 7.01. The van der Waals surface area contributed by atoms with E-state index < -0.39 is 0 Å². The lowest BCUT2D eigenvalue weighted by atomic mass is 9.92. The first kappa shape index (κ1) is 17.2. The molecule has 2 rings (SSSR count). The van der Waals surface area contributed by atoms with Crippen LogP contribution in [0.5, 0.6) is 0 Å². The van der Waals surface area contributed by atoms with E-state index in [1.54, 1.807) is 17.4 Å². The van der Waals surface area contributed by atoms with Crippen LogP contribution in [0.15, 0.2) is 30.3 Å². The quantitative estimate of drug-likeness (QED) is 0.491. The van der Waals surface area contributed by atoms with Crippen LogP contribution in [0.1, 0.15) is 56.4 Å². The van der Waals surface area contributed by atoms with Crippen molar-refractivity contribution in [1.29, 1.82) is 0 Å². The molecule has 0 N–H and O–H groups in total. The molecule has 0 bridgehead atoms. The Morgan fingerprint density at radius 1 is 1.09 bits per heavy atom. The first-order valence-electron chi connectivity index (χ1n) is 8.49. The Morgan fingerprint density at radius 3 is 2.50 bits per heavy atom. The van der Waals surface area contributed by atoms with E-state index in [-0.39, 0.29) is 5.82 Å². The van der Waals surface area contributed by atoms with Gasteiger partial charge in [0, 0.05) is 15.3 Å². The highest BCUT2D eigenvalue weighted by molar-refractivity contribution is 7.15. The topological polar surface area (TPSA) is 0 Å². The van der Waals surface area contributed by atoms with Gasteiger partial charge in [-0.2, -0.15) is 0 Å². The van der Waals surface area contributed by atoms with Crippen molar-refractivity contribution in [2.45, 2.75) is 59.3 Å². The first-order chi connectivity index (χ1) is 10.6. The normalized spacial score (nSPS) is 12.5. The van der Waals surface area contributed by atoms with Crippen LogP contribution in [0, 0.1) is 18.7 Å². The second kappa shape index (κ2) is 8.47. The fraction of sp³-hybridized carbons (Fsp3) is 0.500. The fourth-order valence-electron chi connectivity index (χ4n) is 2.91. The predicted molar refractivity (Wildman–Crippen MR) is 96.1 cm³/mol. The lowest BCUT2D eigenvalue weighted by molar-refractivity contribution is 0.421. The Bertz CT molecular complexity index is 585. The third-order valence-corrected chi connectivity index (χ3v) is 5.46. The summed E-state index contributed by atoms with van der Waals surface area (Å²) in [7, 11) is 0. The van der Waals surface area contributed by atoms with E-state index in [1.807, 2.05) is 18.2 Å². The summed E-state index contributed by atoms with van der Waals surface area (Å²) in [5.41, 5.74) is 1.87. The molecule has 0 aliphatic carbocycles. The van der Waals surface area contributed by atoms with Crippen LogP contribution in [0.3, 0.4) is 0 Å². The molecule has 0 aliphatic rings. The summed E-state index contributed by atoms with van der Waals surface area (Å²) >= 11 is 1.65. The SMILES string of the molecule is CCCCC(CC)CCc1ccc(-c2ccc(C)s2)c(F)c1. The van der Waals surface area contributed by atoms with E-state index in [4.69, 9.17) is 0 Å². The Hall–Kier alpha value is -1.15. The van der Waals surface area contributed by atoms with E-state index in [0.717, 1.165) is 28.3 Å². The molecular formula is C20H27FS. The molecule has 0 saturated carbocycles. The van der Waals surface area contributed by atoms with Crippen LogP contribution < -0.4 is 0 Å². The molecule has 0 fully saturated rings. The smallest absolute Gasteiger partial charge is 0.132 e. The van der Waals surface area contributed by atoms with E-state index in [9.17, 15) is 4.39 Å². The second-order valence-corrected chi connectivity index (χ2v) is 7.47. The largest absolute Gasteiger partial charge is 0.206 e. The molecule has 0 saturated heterocycles. The summed E-state index contributed by atoms with van der Waals surface area (Å²) in [6.07, 6.45) is 7.27. The van der Waals surface area contributed by atoms with Gasteiger partial charge in [0.25, 0.3) is 0 Å². The summed E-state index contributed by atoms with van der Waals surface area (Å²) in [5, 5.41) is 0. The highest BCUT2D eigenvalue weighted by atomic mass is 32.1. The maximum Gasteiger partial charge on any atom is 0.132 e. The van der Waals surface area contributed by atoms with Crippen molar-refractivity contribution in [2.75, 3.05) is 0 Å². The third-order valence-electron chi connectivity index (χ3n) is 4.42. The van der Waals surface area contributed by atoms with E-state index in [2.05, 4.69) is 26.8 Å². The van der Waals surface area contributed by atoms with Crippen molar-refractivity contribution in [3.63, 3.8) is 0 Å². The van der Waals surface area contributed by atoms with Gasteiger partial charge in [0.05, 0.1) is 0 Å². The van der Waals surface area contributed by atoms with Crippen LogP contribution in [-0.2, 0) is 6.42 Å². The number of unbranched alkanes of at least 4 members (excludes halogenated alkanes) is 1. The summed E-state index contributed by atoms with van der Waals surface area (Å²) in [6.45, 7) is 6.57. The molecule has 1 heterocycles. The molecule has 22 heavy (non-hydrogen) atoms. The van der Waals surface area contributed by atoms with Crippen LogP contribution in [0.4, 0.5) is 4.39 Å². The number of halogens is 1. The number of benzene rings is 1. The third kappa shape index (κ3) is 4.67. The minimum atomic E-state index is -0.0824. The molecule has 1 aromatic heterocycles. The Labute approximate surface area is 138 Å². The van der Waals surface area contributed by atoms with Crippen LogP contribution in [0.25, 0.3) is 10.4 Å². The van der Waals surface area contributed by atoms with Crippen molar-refractivity contribution < 1.29 is 4.39 Å². The van der Waals surface area contributed by atoms with Crippen molar-refractivity contribution in [1.82, 2.24) is 0 Å². The Morgan fingerprint density at radius 2 is 1.91 bits per heavy atom. The Kier molecular flexibility index (Phi) is 6.63. The van der Waals surface area contributed by atoms with Gasteiger partial charge in [-0.25, -0.2) is 4.39 Å². The fourth-order valence-corrected chi connectivity index (χ4v) is 3.80. The molecule has 0 spiro atoms. The van der Waals surface area contributed by atoms with Gasteiger partial charge in [0.15, 0.2) is 0 Å². The van der Waals surface area contributed by atoms with E-state index >= 15 is 0 Å². The zero-order chi connectivity index (χ0) is 15.9. The summed E-state index contributed by atoms with van der Waals surface area (Å²) in [6, 6.07) is 9.84. The van der Waals surface area contributed by atoms with Gasteiger partial charge in [-0.1, -0.05) is 51.7 Å². The Balaban J connectivity index is 2.00. The van der Waals surface area contributed by atoms with Gasteiger partial charge in [0.2, 0.25) is 0 Å². The highest BCUT2D eigenvalue weighted by Crippen LogP contribution is 2.30. The van der Waals surface area contributed by atoms with E-state index in [0.29, 0.717) is 0 Å². The zero-order valence-electron chi connectivity index (χ0n) is 14.0. The lowest BCUT2D eigenvalue weighted by Gasteiger charge is -2.14. The van der Waals surface area contributed by atoms with E-state index in [1.165, 1.54) is 37.0 Å². The standard InChI is InChI=1S/C20H27FS/c1-4-6-7-16(5-2)9-10-17-11-12-18(19(21)14-17)20-13-8-15(3)22-20/h8,11-14,16H,4-7,9-10H2,1-3H3. The van der Waals surface area contributed by atoms with Gasteiger partial charge < -0.3 is 0 Å². The number of thiophene rings is 1. The van der Waals surface area contributed by atoms with Gasteiger partial charge in [-0.05, 0) is 49.4 Å². The molecule has 1 aromatic carbocycles. The molecule has 0 nitrogen and oxygen atoms in total. The van der Waals surface area contributed by atoms with Gasteiger partial charge in [-0.15, -0.1) is 11.3 Å². The minimum absolute atomic E-state index is 0.0824. The lowest BCUT2D eigenvalue weighted by Crippen LogP contribution is -2.01. The van der Waals surface area contributed by atoms with Crippen LogP contribution >= 0.6 is 11.3 Å². The van der Waals surface area contributed by atoms with Crippen molar-refractivity contribution >= 4 is 11.3 Å². The number of hydrogen-bond acceptors (Lipinski definition) is 1. The van der Waals surface area contributed by atoms with Gasteiger partial charge >= 0.3 is 0 Å². The van der Waals surface area contributed by atoms with Gasteiger partial charge in [-0.3, -0.25) is 0 Å². The molecule has 1 unspecified atom stereocenters. The molecule has 2 aromatic rings. The van der Waals surface area contributed by atoms with Gasteiger partial charge in [0.1, 0.15) is 5.82 Å². The molecule has 120 valence electrons. The molecule has 2 heteroatoms. The molecule has 1 atom stereocenters. The maximum atomic E-state index is 14.4. The monoisotopic (exact) mass is 318 g/mol. The van der Waals surface area contributed by atoms with Crippen molar-refractivity contribution in [3.8, 4) is 10.4 Å². The first-order valence-corrected chi connectivity index (χ1v) is 9.30. The maximum absolute atomic E-state index is 14.4. The number of aryl methyl sites for hydroxylation is 2. The second-order valence-electron chi connectivity index (χ2n) is 6.18. The molecule has 0 radical (unpaired) electrons. The zero-order valence-corrected chi connectivity index (χ0v) is 14.8.